The van der Waals surface area contributed by atoms with Crippen LogP contribution in [0.3, 0.4) is 0 Å². The van der Waals surface area contributed by atoms with Crippen molar-refractivity contribution in [2.24, 2.45) is 0 Å². The van der Waals surface area contributed by atoms with E-state index in [1.54, 1.807) is 11.3 Å². The van der Waals surface area contributed by atoms with Gasteiger partial charge in [-0.1, -0.05) is 30.3 Å². The molecule has 0 saturated heterocycles. The Labute approximate surface area is 153 Å². The fourth-order valence-corrected chi connectivity index (χ4v) is 4.90. The molecule has 1 aromatic heterocycles. The Kier molecular flexibility index (Phi) is 4.48. The van der Waals surface area contributed by atoms with E-state index in [0.717, 1.165) is 37.2 Å². The normalized spacial score (nSPS) is 18.1. The van der Waals surface area contributed by atoms with Crippen LogP contribution in [0.1, 0.15) is 34.1 Å². The summed E-state index contributed by atoms with van der Waals surface area (Å²) in [6.45, 7) is 4.13. The van der Waals surface area contributed by atoms with E-state index in [1.165, 1.54) is 27.1 Å². The van der Waals surface area contributed by atoms with Gasteiger partial charge >= 0.3 is 0 Å². The summed E-state index contributed by atoms with van der Waals surface area (Å²) >= 11 is 1.64. The van der Waals surface area contributed by atoms with Crippen molar-refractivity contribution in [1.29, 1.82) is 0 Å². The van der Waals surface area contributed by atoms with Crippen LogP contribution < -0.4 is 5.32 Å². The molecule has 4 rings (SSSR count). The second-order valence-electron chi connectivity index (χ2n) is 7.11. The lowest BCUT2D eigenvalue weighted by molar-refractivity contribution is 0.0948. The van der Waals surface area contributed by atoms with Crippen molar-refractivity contribution in [3.05, 3.63) is 58.0 Å². The van der Waals surface area contributed by atoms with E-state index in [1.807, 2.05) is 0 Å². The number of rotatable bonds is 3. The molecule has 2 heterocycles. The Bertz CT molecular complexity index is 836. The summed E-state index contributed by atoms with van der Waals surface area (Å²) in [4.78, 5) is 17.2. The maximum Gasteiger partial charge on any atom is 0.261 e. The van der Waals surface area contributed by atoms with Crippen molar-refractivity contribution < 1.29 is 4.79 Å². The molecule has 0 spiro atoms. The number of carbonyl (C=O) groups is 1. The zero-order valence-corrected chi connectivity index (χ0v) is 15.7. The third kappa shape index (κ3) is 3.29. The molecular weight excluding hydrogens is 328 g/mol. The average Bonchev–Trinajstić information content (AvgIpc) is 3.07. The number of hydrogen-bond donors (Lipinski definition) is 1. The Morgan fingerprint density at radius 1 is 1.20 bits per heavy atom. The molecule has 0 fully saturated rings. The van der Waals surface area contributed by atoms with Gasteiger partial charge in [0, 0.05) is 24.0 Å². The van der Waals surface area contributed by atoms with Gasteiger partial charge in [-0.25, -0.2) is 0 Å². The van der Waals surface area contributed by atoms with Crippen molar-refractivity contribution >= 4 is 17.2 Å². The Morgan fingerprint density at radius 2 is 2.00 bits per heavy atom. The van der Waals surface area contributed by atoms with Gasteiger partial charge in [-0.05, 0) is 61.6 Å². The zero-order valence-electron chi connectivity index (χ0n) is 14.8. The molecule has 1 aromatic carbocycles. The van der Waals surface area contributed by atoms with Crippen LogP contribution in [0.2, 0.25) is 0 Å². The molecule has 130 valence electrons. The number of fused-ring (bicyclic) bond motifs is 3. The first-order valence-electron chi connectivity index (χ1n) is 9.01. The largest absolute Gasteiger partial charge is 0.345 e. The topological polar surface area (TPSA) is 32.3 Å². The van der Waals surface area contributed by atoms with Crippen molar-refractivity contribution in [2.75, 3.05) is 20.1 Å². The number of nitrogens with zero attached hydrogens (tertiary/aromatic N) is 1. The summed E-state index contributed by atoms with van der Waals surface area (Å²) in [5, 5.41) is 3.20. The van der Waals surface area contributed by atoms with Gasteiger partial charge in [0.05, 0.1) is 4.88 Å². The van der Waals surface area contributed by atoms with Gasteiger partial charge in [-0.15, -0.1) is 11.3 Å². The second-order valence-corrected chi connectivity index (χ2v) is 8.16. The molecule has 0 unspecified atom stereocenters. The van der Waals surface area contributed by atoms with E-state index in [0.29, 0.717) is 0 Å². The van der Waals surface area contributed by atoms with Gasteiger partial charge in [-0.3, -0.25) is 4.79 Å². The molecule has 25 heavy (non-hydrogen) atoms. The fraction of sp³-hybridized carbons (Fsp3) is 0.381. The van der Waals surface area contributed by atoms with Gasteiger partial charge in [0.15, 0.2) is 0 Å². The molecule has 0 radical (unpaired) electrons. The fourth-order valence-electron chi connectivity index (χ4n) is 3.72. The molecular formula is C21H24N2OS. The summed E-state index contributed by atoms with van der Waals surface area (Å²) < 4.78 is 0. The number of amides is 1. The lowest BCUT2D eigenvalue weighted by atomic mass is 9.91. The summed E-state index contributed by atoms with van der Waals surface area (Å²) in [5.41, 5.74) is 5.37. The third-order valence-electron chi connectivity index (χ3n) is 5.31. The number of thiophene rings is 1. The lowest BCUT2D eigenvalue weighted by Gasteiger charge is -2.25. The maximum atomic E-state index is 12.8. The highest BCUT2D eigenvalue weighted by molar-refractivity contribution is 7.17. The lowest BCUT2D eigenvalue weighted by Crippen LogP contribution is -2.36. The van der Waals surface area contributed by atoms with E-state index in [9.17, 15) is 4.79 Å². The van der Waals surface area contributed by atoms with Gasteiger partial charge in [0.1, 0.15) is 0 Å². The van der Waals surface area contributed by atoms with Crippen molar-refractivity contribution in [3.8, 4) is 10.4 Å². The molecule has 3 nitrogen and oxygen atoms in total. The van der Waals surface area contributed by atoms with Crippen LogP contribution in [0.5, 0.6) is 0 Å². The van der Waals surface area contributed by atoms with Crippen molar-refractivity contribution in [1.82, 2.24) is 10.2 Å². The van der Waals surface area contributed by atoms with E-state index < -0.39 is 0 Å². The minimum absolute atomic E-state index is 0.0595. The summed E-state index contributed by atoms with van der Waals surface area (Å²) in [7, 11) is 2.13. The predicted molar refractivity (Wildman–Crippen MR) is 104 cm³/mol. The third-order valence-corrected chi connectivity index (χ3v) is 6.52. The summed E-state index contributed by atoms with van der Waals surface area (Å²) in [6.07, 6.45) is 5.39. The Morgan fingerprint density at radius 3 is 2.80 bits per heavy atom. The van der Waals surface area contributed by atoms with Crippen molar-refractivity contribution in [3.63, 3.8) is 0 Å². The van der Waals surface area contributed by atoms with Crippen LogP contribution in [0, 0.1) is 0 Å². The highest BCUT2D eigenvalue weighted by Gasteiger charge is 2.23. The number of aryl methyl sites for hydroxylation is 2. The van der Waals surface area contributed by atoms with Gasteiger partial charge in [-0.2, -0.15) is 0 Å². The predicted octanol–water partition coefficient (Wildman–Crippen LogP) is 3.89. The minimum Gasteiger partial charge on any atom is -0.345 e. The average molecular weight is 353 g/mol. The quantitative estimate of drug-likeness (QED) is 0.850. The first-order chi connectivity index (χ1) is 12.1. The SMILES string of the molecule is C[C@H](NC(=O)c1cc2c(s1)-c1ccccc1CC2)C1=CCN(C)CC1. The molecule has 0 bridgehead atoms. The molecule has 2 aliphatic rings. The van der Waals surface area contributed by atoms with E-state index in [-0.39, 0.29) is 11.9 Å². The number of hydrogen-bond acceptors (Lipinski definition) is 3. The highest BCUT2D eigenvalue weighted by Crippen LogP contribution is 2.39. The Hall–Kier alpha value is -1.91. The summed E-state index contributed by atoms with van der Waals surface area (Å²) in [5.74, 6) is 0.0595. The zero-order chi connectivity index (χ0) is 17.4. The number of likely N-dealkylation sites (N-methyl/N-ethyl adjacent to an activating group) is 1. The van der Waals surface area contributed by atoms with Crippen LogP contribution in [-0.2, 0) is 12.8 Å². The number of nitrogens with one attached hydrogen (secondary N) is 1. The smallest absolute Gasteiger partial charge is 0.261 e. The first kappa shape index (κ1) is 16.6. The molecule has 0 saturated carbocycles. The molecule has 1 aliphatic carbocycles. The molecule has 1 atom stereocenters. The molecule has 1 aliphatic heterocycles. The van der Waals surface area contributed by atoms with Crippen LogP contribution >= 0.6 is 11.3 Å². The highest BCUT2D eigenvalue weighted by atomic mass is 32.1. The van der Waals surface area contributed by atoms with Gasteiger partial charge in [0.25, 0.3) is 5.91 Å². The van der Waals surface area contributed by atoms with Crippen LogP contribution in [0.25, 0.3) is 10.4 Å². The first-order valence-corrected chi connectivity index (χ1v) is 9.83. The van der Waals surface area contributed by atoms with E-state index in [4.69, 9.17) is 0 Å². The van der Waals surface area contributed by atoms with Gasteiger partial charge < -0.3 is 10.2 Å². The van der Waals surface area contributed by atoms with Crippen LogP contribution in [0.4, 0.5) is 0 Å². The summed E-state index contributed by atoms with van der Waals surface area (Å²) in [6, 6.07) is 10.8. The van der Waals surface area contributed by atoms with E-state index >= 15 is 0 Å². The Balaban J connectivity index is 1.52. The molecule has 2 aromatic rings. The van der Waals surface area contributed by atoms with Gasteiger partial charge in [0.2, 0.25) is 0 Å². The minimum atomic E-state index is 0.0595. The second kappa shape index (κ2) is 6.77. The van der Waals surface area contributed by atoms with Crippen LogP contribution in [0.15, 0.2) is 42.0 Å². The van der Waals surface area contributed by atoms with Crippen LogP contribution in [-0.4, -0.2) is 37.0 Å². The van der Waals surface area contributed by atoms with Crippen molar-refractivity contribution in [2.45, 2.75) is 32.2 Å². The molecule has 1 amide bonds. The molecule has 4 heteroatoms. The number of carbonyl (C=O) groups excluding carboxylic acids is 1. The standard InChI is InChI=1S/C21H24N2OS/c1-14(15-9-11-23(2)12-10-15)22-21(24)19-13-17-8-7-16-5-3-4-6-18(16)20(17)25-19/h3-6,9,13-14H,7-8,10-12H2,1-2H3,(H,22,24)/t14-/m0/s1. The number of benzene rings is 1. The maximum absolute atomic E-state index is 12.8. The molecule has 1 N–H and O–H groups in total. The van der Waals surface area contributed by atoms with E-state index in [2.05, 4.69) is 60.6 Å². The monoisotopic (exact) mass is 352 g/mol.